The highest BCUT2D eigenvalue weighted by Gasteiger charge is 2.10. The predicted octanol–water partition coefficient (Wildman–Crippen LogP) is 3.05. The second kappa shape index (κ2) is 9.81. The molecule has 1 heterocycles. The number of hydrogen-bond acceptors (Lipinski definition) is 7. The minimum absolute atomic E-state index is 0.139. The summed E-state index contributed by atoms with van der Waals surface area (Å²) < 4.78 is 5.62. The number of benzene rings is 1. The van der Waals surface area contributed by atoms with Gasteiger partial charge in [-0.15, -0.1) is 11.3 Å². The van der Waals surface area contributed by atoms with Gasteiger partial charge in [-0.25, -0.2) is 4.98 Å². The summed E-state index contributed by atoms with van der Waals surface area (Å²) >= 11 is 2.72. The number of carbonyl (C=O) groups excluding carboxylic acids is 2. The molecule has 1 amide bonds. The summed E-state index contributed by atoms with van der Waals surface area (Å²) in [6.07, 6.45) is 0.494. The zero-order valence-corrected chi connectivity index (χ0v) is 15.3. The summed E-state index contributed by atoms with van der Waals surface area (Å²) in [5, 5.41) is 13.2. The number of carbonyl (C=O) groups is 2. The van der Waals surface area contributed by atoms with Gasteiger partial charge in [-0.1, -0.05) is 23.9 Å². The van der Waals surface area contributed by atoms with Crippen molar-refractivity contribution in [3.63, 3.8) is 0 Å². The van der Waals surface area contributed by atoms with Gasteiger partial charge in [0.1, 0.15) is 0 Å². The maximum atomic E-state index is 12.0. The molecule has 8 heteroatoms. The molecule has 1 aromatic heterocycles. The summed E-state index contributed by atoms with van der Waals surface area (Å²) in [6.45, 7) is 2.11. The van der Waals surface area contributed by atoms with Gasteiger partial charge in [0.2, 0.25) is 5.91 Å². The van der Waals surface area contributed by atoms with Gasteiger partial charge in [-0.05, 0) is 24.6 Å². The number of amides is 1. The molecule has 0 spiro atoms. The van der Waals surface area contributed by atoms with E-state index in [4.69, 9.17) is 10.00 Å². The highest BCUT2D eigenvalue weighted by Crippen LogP contribution is 2.23. The van der Waals surface area contributed by atoms with Gasteiger partial charge in [0.25, 0.3) is 0 Å². The standard InChI is InChI=1S/C17H17N3O3S2/c1-2-23-16(22)9-14-10-24-17(20-14)25-11-15(21)19-13-5-3-12(4-6-13)7-8-18/h3-6,10H,2,7,9,11H2,1H3,(H,19,21). The van der Waals surface area contributed by atoms with Crippen molar-refractivity contribution >= 4 is 40.7 Å². The molecule has 0 radical (unpaired) electrons. The van der Waals surface area contributed by atoms with E-state index in [1.165, 1.54) is 23.1 Å². The fraction of sp³-hybridized carbons (Fsp3) is 0.294. The maximum absolute atomic E-state index is 12.0. The van der Waals surface area contributed by atoms with E-state index in [1.54, 1.807) is 24.4 Å². The Balaban J connectivity index is 1.79. The first-order chi connectivity index (χ1) is 12.1. The second-order valence-electron chi connectivity index (χ2n) is 4.96. The zero-order chi connectivity index (χ0) is 18.1. The molecule has 1 aromatic carbocycles. The molecule has 2 aromatic rings. The molecular formula is C17H17N3O3S2. The van der Waals surface area contributed by atoms with E-state index in [0.29, 0.717) is 24.4 Å². The lowest BCUT2D eigenvalue weighted by Gasteiger charge is -2.04. The Bertz CT molecular complexity index is 766. The molecule has 0 bridgehead atoms. The Morgan fingerprint density at radius 3 is 2.80 bits per heavy atom. The van der Waals surface area contributed by atoms with Gasteiger partial charge in [0.15, 0.2) is 4.34 Å². The van der Waals surface area contributed by atoms with Crippen LogP contribution in [0, 0.1) is 11.3 Å². The molecule has 0 aliphatic carbocycles. The van der Waals surface area contributed by atoms with Gasteiger partial charge < -0.3 is 10.1 Å². The molecular weight excluding hydrogens is 358 g/mol. The summed E-state index contributed by atoms with van der Waals surface area (Å²) in [5.41, 5.74) is 2.25. The van der Waals surface area contributed by atoms with Crippen molar-refractivity contribution in [2.24, 2.45) is 0 Å². The number of aromatic nitrogens is 1. The van der Waals surface area contributed by atoms with E-state index < -0.39 is 0 Å². The molecule has 130 valence electrons. The molecule has 0 fully saturated rings. The fourth-order valence-electron chi connectivity index (χ4n) is 1.92. The number of esters is 1. The average Bonchev–Trinajstić information content (AvgIpc) is 3.02. The van der Waals surface area contributed by atoms with Crippen LogP contribution in [-0.4, -0.2) is 29.2 Å². The van der Waals surface area contributed by atoms with E-state index in [1.807, 2.05) is 12.1 Å². The molecule has 0 unspecified atom stereocenters. The smallest absolute Gasteiger partial charge is 0.311 e. The van der Waals surface area contributed by atoms with Crippen LogP contribution >= 0.6 is 23.1 Å². The number of thioether (sulfide) groups is 1. The highest BCUT2D eigenvalue weighted by molar-refractivity contribution is 8.01. The molecule has 1 N–H and O–H groups in total. The van der Waals surface area contributed by atoms with Crippen LogP contribution < -0.4 is 5.32 Å². The monoisotopic (exact) mass is 375 g/mol. The van der Waals surface area contributed by atoms with Crippen molar-refractivity contribution in [3.8, 4) is 6.07 Å². The molecule has 25 heavy (non-hydrogen) atoms. The fourth-order valence-corrected chi connectivity index (χ4v) is 3.56. The van der Waals surface area contributed by atoms with Crippen LogP contribution in [0.2, 0.25) is 0 Å². The molecule has 0 aliphatic heterocycles. The summed E-state index contributed by atoms with van der Waals surface area (Å²) in [4.78, 5) is 27.7. The first-order valence-corrected chi connectivity index (χ1v) is 9.45. The minimum Gasteiger partial charge on any atom is -0.466 e. The largest absolute Gasteiger partial charge is 0.466 e. The average molecular weight is 375 g/mol. The van der Waals surface area contributed by atoms with Crippen molar-refractivity contribution in [2.45, 2.75) is 24.1 Å². The number of nitriles is 1. The molecule has 0 aliphatic rings. The molecule has 2 rings (SSSR count). The third kappa shape index (κ3) is 6.57. The van der Waals surface area contributed by atoms with Crippen LogP contribution in [0.5, 0.6) is 0 Å². The third-order valence-corrected chi connectivity index (χ3v) is 5.08. The quantitative estimate of drug-likeness (QED) is 0.563. The van der Waals surface area contributed by atoms with Gasteiger partial charge in [-0.3, -0.25) is 9.59 Å². The maximum Gasteiger partial charge on any atom is 0.311 e. The SMILES string of the molecule is CCOC(=O)Cc1csc(SCC(=O)Nc2ccc(CC#N)cc2)n1. The van der Waals surface area contributed by atoms with Crippen molar-refractivity contribution in [1.82, 2.24) is 4.98 Å². The van der Waals surface area contributed by atoms with Crippen LogP contribution in [0.3, 0.4) is 0 Å². The lowest BCUT2D eigenvalue weighted by molar-refractivity contribution is -0.142. The van der Waals surface area contributed by atoms with Crippen molar-refractivity contribution in [1.29, 1.82) is 5.26 Å². The second-order valence-corrected chi connectivity index (χ2v) is 7.04. The molecule has 0 saturated heterocycles. The van der Waals surface area contributed by atoms with Crippen LogP contribution in [0.25, 0.3) is 0 Å². The highest BCUT2D eigenvalue weighted by atomic mass is 32.2. The summed E-state index contributed by atoms with van der Waals surface area (Å²) in [5.74, 6) is -0.214. The molecule has 0 saturated carbocycles. The number of rotatable bonds is 8. The van der Waals surface area contributed by atoms with Gasteiger partial charge in [-0.2, -0.15) is 5.26 Å². The Labute approximate surface area is 154 Å². The third-order valence-electron chi connectivity index (χ3n) is 3.01. The Morgan fingerprint density at radius 2 is 2.12 bits per heavy atom. The van der Waals surface area contributed by atoms with Crippen LogP contribution in [0.4, 0.5) is 5.69 Å². The van der Waals surface area contributed by atoms with Crippen LogP contribution in [0.1, 0.15) is 18.2 Å². The lowest BCUT2D eigenvalue weighted by atomic mass is 10.1. The Hall–Kier alpha value is -2.37. The van der Waals surface area contributed by atoms with Crippen LogP contribution in [0.15, 0.2) is 34.0 Å². The number of nitrogens with zero attached hydrogens (tertiary/aromatic N) is 2. The van der Waals surface area contributed by atoms with Crippen molar-refractivity contribution < 1.29 is 14.3 Å². The van der Waals surface area contributed by atoms with E-state index in [0.717, 1.165) is 9.90 Å². The van der Waals surface area contributed by atoms with Crippen LogP contribution in [-0.2, 0) is 27.2 Å². The summed E-state index contributed by atoms with van der Waals surface area (Å²) in [7, 11) is 0. The van der Waals surface area contributed by atoms with Gasteiger partial charge in [0, 0.05) is 11.1 Å². The van der Waals surface area contributed by atoms with E-state index in [2.05, 4.69) is 16.4 Å². The number of thiazole rings is 1. The van der Waals surface area contributed by atoms with E-state index in [9.17, 15) is 9.59 Å². The summed E-state index contributed by atoms with van der Waals surface area (Å²) in [6, 6.07) is 9.25. The predicted molar refractivity (Wildman–Crippen MR) is 97.6 cm³/mol. The van der Waals surface area contributed by atoms with Gasteiger partial charge in [0.05, 0.1) is 37.0 Å². The number of ether oxygens (including phenoxy) is 1. The molecule has 0 atom stereocenters. The van der Waals surface area contributed by atoms with E-state index in [-0.39, 0.29) is 24.1 Å². The Kier molecular flexibility index (Phi) is 7.44. The first-order valence-electron chi connectivity index (χ1n) is 7.59. The van der Waals surface area contributed by atoms with Gasteiger partial charge >= 0.3 is 5.97 Å². The van der Waals surface area contributed by atoms with Crippen molar-refractivity contribution in [2.75, 3.05) is 17.7 Å². The number of nitrogens with one attached hydrogen (secondary N) is 1. The zero-order valence-electron chi connectivity index (χ0n) is 13.7. The lowest BCUT2D eigenvalue weighted by Crippen LogP contribution is -2.13. The van der Waals surface area contributed by atoms with Crippen molar-refractivity contribution in [3.05, 3.63) is 40.9 Å². The molecule has 6 nitrogen and oxygen atoms in total. The number of anilines is 1. The minimum atomic E-state index is -0.304. The number of hydrogen-bond donors (Lipinski definition) is 1. The van der Waals surface area contributed by atoms with E-state index >= 15 is 0 Å². The topological polar surface area (TPSA) is 92.1 Å². The Morgan fingerprint density at radius 1 is 1.36 bits per heavy atom. The first kappa shape index (κ1) is 19.0. The normalized spacial score (nSPS) is 10.1.